The molecule has 2 N–H and O–H groups in total. The minimum atomic E-state index is -0.403. The van der Waals surface area contributed by atoms with Crippen molar-refractivity contribution in [2.75, 3.05) is 5.32 Å². The molecule has 0 fully saturated rings. The van der Waals surface area contributed by atoms with Crippen LogP contribution in [0, 0.1) is 0 Å². The fraction of sp³-hybridized carbons (Fsp3) is 0.0833. The van der Waals surface area contributed by atoms with Gasteiger partial charge in [-0.25, -0.2) is 4.98 Å². The second-order valence-electron chi connectivity index (χ2n) is 3.49. The predicted octanol–water partition coefficient (Wildman–Crippen LogP) is 1.87. The Morgan fingerprint density at radius 2 is 2.22 bits per heavy atom. The number of carbonyl (C=O) groups is 1. The topological polar surface area (TPSA) is 75.1 Å². The van der Waals surface area contributed by atoms with Gasteiger partial charge in [0.05, 0.1) is 18.5 Å². The molecule has 0 radical (unpaired) electrons. The first-order chi connectivity index (χ1) is 8.70. The summed E-state index contributed by atoms with van der Waals surface area (Å²) in [6, 6.07) is 6.40. The third-order valence-electron chi connectivity index (χ3n) is 2.28. The molecule has 6 heteroatoms. The van der Waals surface area contributed by atoms with Crippen molar-refractivity contribution < 1.29 is 9.90 Å². The van der Waals surface area contributed by atoms with E-state index in [1.807, 2.05) is 0 Å². The minimum absolute atomic E-state index is 0.179. The van der Waals surface area contributed by atoms with Crippen LogP contribution < -0.4 is 5.32 Å². The molecule has 0 saturated carbocycles. The number of nitrogens with zero attached hydrogens (tertiary/aromatic N) is 2. The molecular weight excluding hydrogens is 254 g/mol. The van der Waals surface area contributed by atoms with Gasteiger partial charge in [-0.3, -0.25) is 9.78 Å². The smallest absolute Gasteiger partial charge is 0.274 e. The lowest BCUT2D eigenvalue weighted by Crippen LogP contribution is -2.15. The highest BCUT2D eigenvalue weighted by Crippen LogP contribution is 2.14. The second kappa shape index (κ2) is 5.57. The molecule has 0 atom stereocenters. The predicted molar refractivity (Wildman–Crippen MR) is 67.4 cm³/mol. The maximum absolute atomic E-state index is 11.9. The molecule has 2 aromatic heterocycles. The largest absolute Gasteiger partial charge is 0.392 e. The number of rotatable bonds is 3. The molecule has 0 saturated heterocycles. The van der Waals surface area contributed by atoms with E-state index in [1.54, 1.807) is 30.5 Å². The van der Waals surface area contributed by atoms with Gasteiger partial charge in [-0.15, -0.1) is 0 Å². The Bertz CT molecular complexity index is 575. The van der Waals surface area contributed by atoms with Gasteiger partial charge in [-0.2, -0.15) is 0 Å². The van der Waals surface area contributed by atoms with Crippen molar-refractivity contribution in [2.24, 2.45) is 0 Å². The summed E-state index contributed by atoms with van der Waals surface area (Å²) in [5, 5.41) is 12.0. The highest BCUT2D eigenvalue weighted by molar-refractivity contribution is 6.29. The Balaban J connectivity index is 2.21. The van der Waals surface area contributed by atoms with Crippen molar-refractivity contribution in [1.29, 1.82) is 0 Å². The summed E-state index contributed by atoms with van der Waals surface area (Å²) in [5.41, 5.74) is 1.24. The fourth-order valence-electron chi connectivity index (χ4n) is 1.39. The number of halogens is 1. The van der Waals surface area contributed by atoms with E-state index in [9.17, 15) is 4.79 Å². The van der Waals surface area contributed by atoms with Crippen molar-refractivity contribution in [2.45, 2.75) is 6.61 Å². The van der Waals surface area contributed by atoms with E-state index < -0.39 is 5.91 Å². The van der Waals surface area contributed by atoms with Crippen LogP contribution in [0.1, 0.15) is 16.1 Å². The van der Waals surface area contributed by atoms with Crippen LogP contribution in [0.3, 0.4) is 0 Å². The molecule has 2 heterocycles. The Morgan fingerprint density at radius 1 is 1.39 bits per heavy atom. The lowest BCUT2D eigenvalue weighted by molar-refractivity contribution is 0.102. The summed E-state index contributed by atoms with van der Waals surface area (Å²) in [7, 11) is 0. The van der Waals surface area contributed by atoms with E-state index in [0.717, 1.165) is 0 Å². The third kappa shape index (κ3) is 2.82. The van der Waals surface area contributed by atoms with E-state index >= 15 is 0 Å². The molecule has 0 aliphatic heterocycles. The normalized spacial score (nSPS) is 10.1. The number of aliphatic hydroxyl groups is 1. The first-order valence-corrected chi connectivity index (χ1v) is 5.56. The summed E-state index contributed by atoms with van der Waals surface area (Å²) >= 11 is 5.71. The highest BCUT2D eigenvalue weighted by atomic mass is 35.5. The number of nitrogens with one attached hydrogen (secondary N) is 1. The molecule has 92 valence electrons. The number of aromatic nitrogens is 2. The minimum Gasteiger partial charge on any atom is -0.392 e. The third-order valence-corrected chi connectivity index (χ3v) is 2.49. The van der Waals surface area contributed by atoms with Gasteiger partial charge in [0.15, 0.2) is 0 Å². The van der Waals surface area contributed by atoms with Crippen molar-refractivity contribution >= 4 is 23.2 Å². The first kappa shape index (κ1) is 12.5. The monoisotopic (exact) mass is 263 g/mol. The average molecular weight is 264 g/mol. The summed E-state index contributed by atoms with van der Waals surface area (Å²) in [6.45, 7) is -0.179. The Labute approximate surface area is 108 Å². The highest BCUT2D eigenvalue weighted by Gasteiger charge is 2.10. The molecule has 0 unspecified atom stereocenters. The SMILES string of the molecule is O=C(Nc1cnccc1CO)c1cccc(Cl)n1. The van der Waals surface area contributed by atoms with Gasteiger partial charge in [0.25, 0.3) is 5.91 Å². The average Bonchev–Trinajstić information content (AvgIpc) is 2.39. The summed E-state index contributed by atoms with van der Waals surface area (Å²) in [5.74, 6) is -0.403. The molecule has 0 bridgehead atoms. The van der Waals surface area contributed by atoms with Gasteiger partial charge in [0, 0.05) is 11.8 Å². The molecule has 1 amide bonds. The zero-order chi connectivity index (χ0) is 13.0. The van der Waals surface area contributed by atoms with Crippen LogP contribution in [0.5, 0.6) is 0 Å². The first-order valence-electron chi connectivity index (χ1n) is 5.18. The van der Waals surface area contributed by atoms with Crippen molar-refractivity contribution in [3.8, 4) is 0 Å². The van der Waals surface area contributed by atoms with Crippen molar-refractivity contribution in [3.63, 3.8) is 0 Å². The molecular formula is C12H10ClN3O2. The molecule has 5 nitrogen and oxygen atoms in total. The number of hydrogen-bond acceptors (Lipinski definition) is 4. The van der Waals surface area contributed by atoms with Gasteiger partial charge in [-0.1, -0.05) is 17.7 Å². The number of pyridine rings is 2. The number of anilines is 1. The van der Waals surface area contributed by atoms with Crippen LogP contribution >= 0.6 is 11.6 Å². The van der Waals surface area contributed by atoms with Crippen LogP contribution in [0.2, 0.25) is 5.15 Å². The Kier molecular flexibility index (Phi) is 3.86. The lowest BCUT2D eigenvalue weighted by Gasteiger charge is -2.08. The maximum Gasteiger partial charge on any atom is 0.274 e. The maximum atomic E-state index is 11.9. The van der Waals surface area contributed by atoms with Gasteiger partial charge in [0.2, 0.25) is 0 Å². The van der Waals surface area contributed by atoms with E-state index in [4.69, 9.17) is 16.7 Å². The van der Waals surface area contributed by atoms with E-state index in [1.165, 1.54) is 6.20 Å². The van der Waals surface area contributed by atoms with E-state index in [0.29, 0.717) is 11.3 Å². The molecule has 0 aromatic carbocycles. The number of aliphatic hydroxyl groups excluding tert-OH is 1. The van der Waals surface area contributed by atoms with Crippen LogP contribution in [-0.2, 0) is 6.61 Å². The number of carbonyl (C=O) groups excluding carboxylic acids is 1. The number of hydrogen-bond donors (Lipinski definition) is 2. The molecule has 18 heavy (non-hydrogen) atoms. The van der Waals surface area contributed by atoms with Gasteiger partial charge in [0.1, 0.15) is 10.8 Å². The van der Waals surface area contributed by atoms with Gasteiger partial charge in [-0.05, 0) is 18.2 Å². The van der Waals surface area contributed by atoms with E-state index in [2.05, 4.69) is 15.3 Å². The van der Waals surface area contributed by atoms with Gasteiger partial charge >= 0.3 is 0 Å². The zero-order valence-electron chi connectivity index (χ0n) is 9.30. The van der Waals surface area contributed by atoms with Crippen LogP contribution in [0.25, 0.3) is 0 Å². The van der Waals surface area contributed by atoms with Crippen LogP contribution in [0.15, 0.2) is 36.7 Å². The molecule has 0 spiro atoms. The fourth-order valence-corrected chi connectivity index (χ4v) is 1.56. The van der Waals surface area contributed by atoms with E-state index in [-0.39, 0.29) is 17.5 Å². The molecule has 2 rings (SSSR count). The van der Waals surface area contributed by atoms with Crippen LogP contribution in [0.4, 0.5) is 5.69 Å². The number of amides is 1. The Hall–Kier alpha value is -1.98. The lowest BCUT2D eigenvalue weighted by atomic mass is 10.2. The quantitative estimate of drug-likeness (QED) is 0.829. The van der Waals surface area contributed by atoms with Crippen LogP contribution in [-0.4, -0.2) is 21.0 Å². The Morgan fingerprint density at radius 3 is 2.94 bits per heavy atom. The molecule has 0 aliphatic carbocycles. The van der Waals surface area contributed by atoms with Gasteiger partial charge < -0.3 is 10.4 Å². The summed E-state index contributed by atoms with van der Waals surface area (Å²) in [4.78, 5) is 19.7. The molecule has 0 aliphatic rings. The standard InChI is InChI=1S/C12H10ClN3O2/c13-11-3-1-2-9(15-11)12(18)16-10-6-14-5-4-8(10)7-17/h1-6,17H,7H2,(H,16,18). The summed E-state index contributed by atoms with van der Waals surface area (Å²) in [6.07, 6.45) is 3.01. The summed E-state index contributed by atoms with van der Waals surface area (Å²) < 4.78 is 0. The van der Waals surface area contributed by atoms with Crippen molar-refractivity contribution in [1.82, 2.24) is 9.97 Å². The molecule has 2 aromatic rings. The van der Waals surface area contributed by atoms with Crippen molar-refractivity contribution in [3.05, 3.63) is 53.1 Å². The second-order valence-corrected chi connectivity index (χ2v) is 3.88. The zero-order valence-corrected chi connectivity index (χ0v) is 10.1.